The molecule has 0 aliphatic heterocycles. The number of alkyl halides is 1. The Morgan fingerprint density at radius 2 is 2.06 bits per heavy atom. The SMILES string of the molecule is Cc1cc(C(=O)NC2CCCCCC2Br)c(C)o1. The van der Waals surface area contributed by atoms with Crippen molar-refractivity contribution in [3.63, 3.8) is 0 Å². The molecule has 1 aromatic heterocycles. The second-order valence-corrected chi connectivity index (χ2v) is 6.24. The molecule has 2 rings (SSSR count). The number of hydrogen-bond acceptors (Lipinski definition) is 2. The maximum absolute atomic E-state index is 12.2. The third kappa shape index (κ3) is 3.16. The second-order valence-electron chi connectivity index (χ2n) is 5.06. The lowest BCUT2D eigenvalue weighted by molar-refractivity contribution is 0.0933. The van der Waals surface area contributed by atoms with Gasteiger partial charge >= 0.3 is 0 Å². The van der Waals surface area contributed by atoms with Crippen LogP contribution in [0.1, 0.15) is 54.0 Å². The van der Waals surface area contributed by atoms with Crippen LogP contribution in [0.15, 0.2) is 10.5 Å². The molecule has 1 fully saturated rings. The zero-order chi connectivity index (χ0) is 13.1. The molecule has 4 heteroatoms. The van der Waals surface area contributed by atoms with Crippen molar-refractivity contribution >= 4 is 21.8 Å². The van der Waals surface area contributed by atoms with Gasteiger partial charge in [0.15, 0.2) is 0 Å². The molecule has 2 unspecified atom stereocenters. The van der Waals surface area contributed by atoms with Gasteiger partial charge in [-0.15, -0.1) is 0 Å². The normalized spacial score (nSPS) is 24.6. The van der Waals surface area contributed by atoms with E-state index in [1.165, 1.54) is 19.3 Å². The molecule has 18 heavy (non-hydrogen) atoms. The summed E-state index contributed by atoms with van der Waals surface area (Å²) < 4.78 is 5.40. The summed E-state index contributed by atoms with van der Waals surface area (Å²) in [5.41, 5.74) is 0.663. The quantitative estimate of drug-likeness (QED) is 0.668. The van der Waals surface area contributed by atoms with Crippen molar-refractivity contribution < 1.29 is 9.21 Å². The van der Waals surface area contributed by atoms with Crippen LogP contribution in [0.25, 0.3) is 0 Å². The molecular formula is C14H20BrNO2. The number of hydrogen-bond donors (Lipinski definition) is 1. The van der Waals surface area contributed by atoms with Gasteiger partial charge in [-0.3, -0.25) is 4.79 Å². The third-order valence-electron chi connectivity index (χ3n) is 3.53. The number of furan rings is 1. The van der Waals surface area contributed by atoms with E-state index < -0.39 is 0 Å². The van der Waals surface area contributed by atoms with Crippen LogP contribution in [0.3, 0.4) is 0 Å². The standard InChI is InChI=1S/C14H20BrNO2/c1-9-8-11(10(2)18-9)14(17)16-13-7-5-3-4-6-12(13)15/h8,12-13H,3-7H2,1-2H3,(H,16,17). The number of carbonyl (C=O) groups excluding carboxylic acids is 1. The first-order chi connectivity index (χ1) is 8.58. The van der Waals surface area contributed by atoms with E-state index in [9.17, 15) is 4.79 Å². The van der Waals surface area contributed by atoms with E-state index in [0.29, 0.717) is 16.2 Å². The molecule has 1 aliphatic carbocycles. The Bertz CT molecular complexity index is 427. The average molecular weight is 314 g/mol. The van der Waals surface area contributed by atoms with E-state index in [4.69, 9.17) is 4.42 Å². The summed E-state index contributed by atoms with van der Waals surface area (Å²) in [5, 5.41) is 3.13. The number of amides is 1. The smallest absolute Gasteiger partial charge is 0.255 e. The molecule has 1 saturated carbocycles. The Hall–Kier alpha value is -0.770. The van der Waals surface area contributed by atoms with Crippen LogP contribution >= 0.6 is 15.9 Å². The van der Waals surface area contributed by atoms with Crippen LogP contribution in [0.5, 0.6) is 0 Å². The molecule has 0 radical (unpaired) electrons. The van der Waals surface area contributed by atoms with Gasteiger partial charge in [-0.25, -0.2) is 0 Å². The number of aryl methyl sites for hydroxylation is 2. The number of rotatable bonds is 2. The van der Waals surface area contributed by atoms with Gasteiger partial charge in [0.2, 0.25) is 0 Å². The first-order valence-corrected chi connectivity index (χ1v) is 7.51. The molecule has 0 bridgehead atoms. The lowest BCUT2D eigenvalue weighted by Crippen LogP contribution is -2.40. The van der Waals surface area contributed by atoms with Gasteiger partial charge in [-0.05, 0) is 32.8 Å². The molecule has 2 atom stereocenters. The molecule has 0 spiro atoms. The molecule has 0 aromatic carbocycles. The molecule has 1 N–H and O–H groups in total. The molecule has 0 saturated heterocycles. The number of nitrogens with one attached hydrogen (secondary N) is 1. The zero-order valence-electron chi connectivity index (χ0n) is 11.0. The topological polar surface area (TPSA) is 42.2 Å². The highest BCUT2D eigenvalue weighted by molar-refractivity contribution is 9.09. The summed E-state index contributed by atoms with van der Waals surface area (Å²) in [7, 11) is 0. The molecule has 3 nitrogen and oxygen atoms in total. The fraction of sp³-hybridized carbons (Fsp3) is 0.643. The number of halogens is 1. The Labute approximate surface area is 116 Å². The average Bonchev–Trinajstić information content (AvgIpc) is 2.52. The predicted octanol–water partition coefficient (Wildman–Crippen LogP) is 3.72. The van der Waals surface area contributed by atoms with Crippen molar-refractivity contribution in [1.82, 2.24) is 5.32 Å². The maximum atomic E-state index is 12.2. The van der Waals surface area contributed by atoms with Crippen molar-refractivity contribution in [2.24, 2.45) is 0 Å². The summed E-state index contributed by atoms with van der Waals surface area (Å²) in [6.45, 7) is 3.70. The van der Waals surface area contributed by atoms with Crippen molar-refractivity contribution in [3.8, 4) is 0 Å². The van der Waals surface area contributed by atoms with E-state index >= 15 is 0 Å². The van der Waals surface area contributed by atoms with E-state index in [1.54, 1.807) is 0 Å². The Morgan fingerprint density at radius 1 is 1.33 bits per heavy atom. The highest BCUT2D eigenvalue weighted by atomic mass is 79.9. The van der Waals surface area contributed by atoms with E-state index in [0.717, 1.165) is 18.6 Å². The van der Waals surface area contributed by atoms with E-state index in [1.807, 2.05) is 19.9 Å². The second kappa shape index (κ2) is 5.91. The zero-order valence-corrected chi connectivity index (χ0v) is 12.5. The highest BCUT2D eigenvalue weighted by Crippen LogP contribution is 2.24. The van der Waals surface area contributed by atoms with Crippen LogP contribution in [0.2, 0.25) is 0 Å². The fourth-order valence-electron chi connectivity index (χ4n) is 2.53. The van der Waals surface area contributed by atoms with Gasteiger partial charge in [0.05, 0.1) is 5.56 Å². The van der Waals surface area contributed by atoms with E-state index in [-0.39, 0.29) is 11.9 Å². The summed E-state index contributed by atoms with van der Waals surface area (Å²) in [6.07, 6.45) is 5.88. The van der Waals surface area contributed by atoms with Crippen molar-refractivity contribution in [1.29, 1.82) is 0 Å². The van der Waals surface area contributed by atoms with E-state index in [2.05, 4.69) is 21.2 Å². The predicted molar refractivity (Wildman–Crippen MR) is 75.2 cm³/mol. The highest BCUT2D eigenvalue weighted by Gasteiger charge is 2.24. The number of carbonyl (C=O) groups is 1. The molecule has 1 aromatic rings. The Morgan fingerprint density at radius 3 is 2.72 bits per heavy atom. The summed E-state index contributed by atoms with van der Waals surface area (Å²) in [5.74, 6) is 1.47. The van der Waals surface area contributed by atoms with Gasteiger partial charge in [0.1, 0.15) is 11.5 Å². The van der Waals surface area contributed by atoms with Gasteiger partial charge in [-0.2, -0.15) is 0 Å². The van der Waals surface area contributed by atoms with Crippen LogP contribution in [-0.4, -0.2) is 16.8 Å². The summed E-state index contributed by atoms with van der Waals surface area (Å²) in [4.78, 5) is 12.6. The minimum Gasteiger partial charge on any atom is -0.466 e. The van der Waals surface area contributed by atoms with Crippen LogP contribution in [0.4, 0.5) is 0 Å². The van der Waals surface area contributed by atoms with Crippen molar-refractivity contribution in [2.45, 2.75) is 56.8 Å². The lowest BCUT2D eigenvalue weighted by Gasteiger charge is -2.21. The first-order valence-electron chi connectivity index (χ1n) is 6.60. The van der Waals surface area contributed by atoms with Crippen LogP contribution < -0.4 is 5.32 Å². The minimum atomic E-state index is -0.0132. The third-order valence-corrected chi connectivity index (χ3v) is 4.63. The monoisotopic (exact) mass is 313 g/mol. The van der Waals surface area contributed by atoms with Gasteiger partial charge in [-0.1, -0.05) is 35.2 Å². The largest absolute Gasteiger partial charge is 0.466 e. The fourth-order valence-corrected chi connectivity index (χ4v) is 3.25. The summed E-state index contributed by atoms with van der Waals surface area (Å²) >= 11 is 3.69. The molecule has 1 heterocycles. The van der Waals surface area contributed by atoms with Crippen LogP contribution in [-0.2, 0) is 0 Å². The molecule has 1 aliphatic rings. The van der Waals surface area contributed by atoms with Gasteiger partial charge < -0.3 is 9.73 Å². The minimum absolute atomic E-state index is 0.0132. The van der Waals surface area contributed by atoms with Gasteiger partial charge in [0, 0.05) is 10.9 Å². The van der Waals surface area contributed by atoms with Gasteiger partial charge in [0.25, 0.3) is 5.91 Å². The lowest BCUT2D eigenvalue weighted by atomic mass is 10.1. The first kappa shape index (κ1) is 13.7. The Kier molecular flexibility index (Phi) is 4.49. The Balaban J connectivity index is 2.04. The maximum Gasteiger partial charge on any atom is 0.255 e. The molecule has 100 valence electrons. The molecular weight excluding hydrogens is 294 g/mol. The van der Waals surface area contributed by atoms with Crippen LogP contribution in [0, 0.1) is 13.8 Å². The molecule has 1 amide bonds. The van der Waals surface area contributed by atoms with Crippen molar-refractivity contribution in [3.05, 3.63) is 23.2 Å². The summed E-state index contributed by atoms with van der Waals surface area (Å²) in [6, 6.07) is 2.04. The van der Waals surface area contributed by atoms with Crippen molar-refractivity contribution in [2.75, 3.05) is 0 Å².